The number of hydrogen-bond donors (Lipinski definition) is 6. The number of ether oxygens (including phenoxy) is 2. The van der Waals surface area contributed by atoms with Crippen molar-refractivity contribution in [2.75, 3.05) is 13.2 Å². The number of aliphatic hydroxyl groups is 5. The number of phosphoric acid groups is 1. The average molecular weight is 887 g/mol. The van der Waals surface area contributed by atoms with Gasteiger partial charge in [-0.1, -0.05) is 146 Å². The van der Waals surface area contributed by atoms with Gasteiger partial charge in [0, 0.05) is 12.8 Å². The second kappa shape index (κ2) is 37.2. The fraction of sp³-hybridized carbons (Fsp3) is 0.787. The largest absolute Gasteiger partial charge is 0.472 e. The van der Waals surface area contributed by atoms with Gasteiger partial charge in [-0.25, -0.2) is 4.57 Å². The summed E-state index contributed by atoms with van der Waals surface area (Å²) in [7, 11) is -5.12. The molecule has 0 aromatic rings. The van der Waals surface area contributed by atoms with Crippen LogP contribution in [0.25, 0.3) is 0 Å². The molecule has 0 spiro atoms. The first-order valence-electron chi connectivity index (χ1n) is 23.4. The fourth-order valence-corrected chi connectivity index (χ4v) is 7.80. The lowest BCUT2D eigenvalue weighted by atomic mass is 9.85. The van der Waals surface area contributed by atoms with E-state index in [0.29, 0.717) is 12.8 Å². The number of phosphoric ester groups is 1. The quantitative estimate of drug-likeness (QED) is 0.0148. The standard InChI is InChI=1S/C47H83O13P/c1-3-5-7-9-11-13-15-17-18-19-20-21-22-24-26-28-30-32-34-36-41(49)59-39(38-58-61(55,56)60-47-45(53)43(51)42(50)44(52)46(47)54)37-57-40(48)35-33-31-29-27-25-23-16-14-12-10-8-6-4-2/h8,10-11,13-14,16-18,39,42-47,50-54H,3-7,9,12,15,19-38H2,1-2H3,(H,55,56)/b10-8-,13-11-,16-14-,18-17-. The molecule has 0 aromatic heterocycles. The van der Waals surface area contributed by atoms with Crippen LogP contribution in [0.5, 0.6) is 0 Å². The van der Waals surface area contributed by atoms with E-state index in [2.05, 4.69) is 62.5 Å². The Labute approximate surface area is 367 Å². The van der Waals surface area contributed by atoms with E-state index in [9.17, 15) is 44.6 Å². The Balaban J connectivity index is 2.45. The zero-order valence-electron chi connectivity index (χ0n) is 37.4. The summed E-state index contributed by atoms with van der Waals surface area (Å²) in [5.41, 5.74) is 0. The lowest BCUT2D eigenvalue weighted by Crippen LogP contribution is -2.64. The fourth-order valence-electron chi connectivity index (χ4n) is 6.83. The predicted molar refractivity (Wildman–Crippen MR) is 239 cm³/mol. The molecule has 13 nitrogen and oxygen atoms in total. The van der Waals surface area contributed by atoms with E-state index in [-0.39, 0.29) is 12.8 Å². The van der Waals surface area contributed by atoms with Crippen LogP contribution in [0.3, 0.4) is 0 Å². The van der Waals surface area contributed by atoms with E-state index < -0.39 is 75.7 Å². The molecule has 0 radical (unpaired) electrons. The molecule has 14 heteroatoms. The van der Waals surface area contributed by atoms with Crippen molar-refractivity contribution in [1.29, 1.82) is 0 Å². The van der Waals surface area contributed by atoms with Crippen LogP contribution >= 0.6 is 7.82 Å². The molecule has 354 valence electrons. The molecule has 61 heavy (non-hydrogen) atoms. The molecule has 0 amide bonds. The van der Waals surface area contributed by atoms with Crippen molar-refractivity contribution >= 4 is 19.8 Å². The second-order valence-corrected chi connectivity index (χ2v) is 17.7. The summed E-state index contributed by atoms with van der Waals surface area (Å²) in [6, 6.07) is 0. The minimum Gasteiger partial charge on any atom is -0.462 e. The summed E-state index contributed by atoms with van der Waals surface area (Å²) in [5, 5.41) is 50.1. The van der Waals surface area contributed by atoms with E-state index in [0.717, 1.165) is 89.9 Å². The van der Waals surface area contributed by atoms with Gasteiger partial charge in [0.15, 0.2) is 6.10 Å². The summed E-state index contributed by atoms with van der Waals surface area (Å²) in [5.74, 6) is -1.12. The highest BCUT2D eigenvalue weighted by Crippen LogP contribution is 2.47. The molecule has 1 rings (SSSR count). The Kier molecular flexibility index (Phi) is 34.7. The molecule has 0 saturated heterocycles. The van der Waals surface area contributed by atoms with Crippen LogP contribution in [0, 0.1) is 0 Å². The van der Waals surface area contributed by atoms with Crippen LogP contribution in [-0.4, -0.2) is 98.3 Å². The molecule has 0 bridgehead atoms. The van der Waals surface area contributed by atoms with Gasteiger partial charge in [-0.05, 0) is 70.6 Å². The molecule has 0 aliphatic heterocycles. The van der Waals surface area contributed by atoms with Gasteiger partial charge >= 0.3 is 19.8 Å². The van der Waals surface area contributed by atoms with Gasteiger partial charge in [0.05, 0.1) is 6.61 Å². The second-order valence-electron chi connectivity index (χ2n) is 16.3. The molecule has 1 aliphatic carbocycles. The minimum absolute atomic E-state index is 0.0876. The number of carbonyl (C=O) groups is 2. The maximum Gasteiger partial charge on any atom is 0.472 e. The van der Waals surface area contributed by atoms with Crippen molar-refractivity contribution in [2.45, 2.75) is 224 Å². The molecular formula is C47H83O13P. The Morgan fingerprint density at radius 1 is 0.508 bits per heavy atom. The Bertz CT molecular complexity index is 1250. The van der Waals surface area contributed by atoms with Crippen LogP contribution in [0.2, 0.25) is 0 Å². The monoisotopic (exact) mass is 887 g/mol. The van der Waals surface area contributed by atoms with E-state index in [4.69, 9.17) is 18.5 Å². The highest BCUT2D eigenvalue weighted by molar-refractivity contribution is 7.47. The molecule has 6 unspecified atom stereocenters. The number of esters is 2. The zero-order chi connectivity index (χ0) is 45.0. The maximum atomic E-state index is 12.8. The molecule has 1 fully saturated rings. The Morgan fingerprint density at radius 2 is 0.918 bits per heavy atom. The van der Waals surface area contributed by atoms with Gasteiger partial charge in [-0.15, -0.1) is 0 Å². The number of rotatable bonds is 38. The molecular weight excluding hydrogens is 803 g/mol. The summed E-state index contributed by atoms with van der Waals surface area (Å²) >= 11 is 0. The van der Waals surface area contributed by atoms with Crippen LogP contribution in [0.15, 0.2) is 48.6 Å². The number of aliphatic hydroxyl groups excluding tert-OH is 5. The van der Waals surface area contributed by atoms with Crippen molar-refractivity contribution in [3.05, 3.63) is 48.6 Å². The van der Waals surface area contributed by atoms with Gasteiger partial charge in [0.25, 0.3) is 0 Å². The van der Waals surface area contributed by atoms with Crippen molar-refractivity contribution in [1.82, 2.24) is 0 Å². The number of hydrogen-bond acceptors (Lipinski definition) is 12. The molecule has 0 heterocycles. The summed E-state index contributed by atoms with van der Waals surface area (Å²) < 4.78 is 33.5. The Morgan fingerprint density at radius 3 is 1.39 bits per heavy atom. The number of carbonyl (C=O) groups excluding carboxylic acids is 2. The molecule has 6 atom stereocenters. The first-order valence-corrected chi connectivity index (χ1v) is 24.9. The minimum atomic E-state index is -5.12. The molecule has 1 aliphatic rings. The van der Waals surface area contributed by atoms with Gasteiger partial charge in [-0.2, -0.15) is 0 Å². The predicted octanol–water partition coefficient (Wildman–Crippen LogP) is 9.17. The highest BCUT2D eigenvalue weighted by Gasteiger charge is 2.51. The van der Waals surface area contributed by atoms with Crippen LogP contribution < -0.4 is 0 Å². The molecule has 6 N–H and O–H groups in total. The van der Waals surface area contributed by atoms with Crippen LogP contribution in [0.4, 0.5) is 0 Å². The normalized spacial score (nSPS) is 22.4. The summed E-state index contributed by atoms with van der Waals surface area (Å²) in [6.07, 6.45) is 30.2. The summed E-state index contributed by atoms with van der Waals surface area (Å²) in [4.78, 5) is 35.7. The third-order valence-corrected chi connectivity index (χ3v) is 11.6. The van der Waals surface area contributed by atoms with Crippen molar-refractivity contribution in [3.63, 3.8) is 0 Å². The van der Waals surface area contributed by atoms with Crippen LogP contribution in [-0.2, 0) is 32.7 Å². The average Bonchev–Trinajstić information content (AvgIpc) is 3.24. The topological polar surface area (TPSA) is 210 Å². The first-order chi connectivity index (χ1) is 29.4. The van der Waals surface area contributed by atoms with Gasteiger partial charge in [0.1, 0.15) is 43.2 Å². The Hall–Kier alpha value is -2.19. The van der Waals surface area contributed by atoms with E-state index in [1.54, 1.807) is 0 Å². The third kappa shape index (κ3) is 29.7. The summed E-state index contributed by atoms with van der Waals surface area (Å²) in [6.45, 7) is 3.19. The molecule has 0 aromatic carbocycles. The number of allylic oxidation sites excluding steroid dienone is 8. The third-order valence-electron chi connectivity index (χ3n) is 10.6. The van der Waals surface area contributed by atoms with Gasteiger partial charge in [0.2, 0.25) is 0 Å². The first kappa shape index (κ1) is 56.8. The maximum absolute atomic E-state index is 12.8. The van der Waals surface area contributed by atoms with Crippen molar-refractivity contribution < 1.29 is 63.1 Å². The van der Waals surface area contributed by atoms with Crippen molar-refractivity contribution in [3.8, 4) is 0 Å². The molecule has 1 saturated carbocycles. The van der Waals surface area contributed by atoms with E-state index in [1.165, 1.54) is 51.4 Å². The number of unbranched alkanes of at least 4 members (excludes halogenated alkanes) is 18. The lowest BCUT2D eigenvalue weighted by molar-refractivity contribution is -0.220. The van der Waals surface area contributed by atoms with E-state index in [1.807, 2.05) is 0 Å². The lowest BCUT2D eigenvalue weighted by Gasteiger charge is -2.41. The van der Waals surface area contributed by atoms with E-state index >= 15 is 0 Å². The SMILES string of the molecule is CCC/C=C\C/C=C\CCCCCCCC(=O)OCC(COP(=O)(O)OC1C(O)C(O)C(O)C(O)C1O)OC(=O)CCCCCCCCCCC/C=C\C/C=C\CCCCC. The highest BCUT2D eigenvalue weighted by atomic mass is 31.2. The van der Waals surface area contributed by atoms with Crippen LogP contribution in [0.1, 0.15) is 181 Å². The van der Waals surface area contributed by atoms with Crippen molar-refractivity contribution in [2.24, 2.45) is 0 Å². The van der Waals surface area contributed by atoms with Gasteiger partial charge in [-0.3, -0.25) is 18.6 Å². The smallest absolute Gasteiger partial charge is 0.462 e. The zero-order valence-corrected chi connectivity index (χ0v) is 38.3. The van der Waals surface area contributed by atoms with Gasteiger partial charge < -0.3 is 39.9 Å².